The number of ketones is 1. The van der Waals surface area contributed by atoms with Crippen molar-refractivity contribution in [3.8, 4) is 0 Å². The molecule has 0 aliphatic heterocycles. The number of carbonyl (C=O) groups excluding carboxylic acids is 1. The predicted molar refractivity (Wildman–Crippen MR) is 69.9 cm³/mol. The van der Waals surface area contributed by atoms with Crippen molar-refractivity contribution < 1.29 is 19.0 Å². The zero-order chi connectivity index (χ0) is 12.5. The van der Waals surface area contributed by atoms with Crippen LogP contribution in [0.2, 0.25) is 0 Å². The van der Waals surface area contributed by atoms with Crippen LogP contribution >= 0.6 is 27.3 Å². The molecule has 0 bridgehead atoms. The van der Waals surface area contributed by atoms with Crippen molar-refractivity contribution in [2.45, 2.75) is 0 Å². The summed E-state index contributed by atoms with van der Waals surface area (Å²) in [5.74, 6) is -0.0104. The quantitative estimate of drug-likeness (QED) is 0.517. The molecule has 0 amide bonds. The van der Waals surface area contributed by atoms with E-state index in [0.29, 0.717) is 31.3 Å². The molecule has 0 atom stereocenters. The Hall–Kier alpha value is -0.270. The van der Waals surface area contributed by atoms with E-state index in [9.17, 15) is 4.79 Å². The van der Waals surface area contributed by atoms with Crippen LogP contribution in [0.4, 0.5) is 0 Å². The Morgan fingerprint density at radius 2 is 2.00 bits per heavy atom. The van der Waals surface area contributed by atoms with E-state index in [1.165, 1.54) is 11.3 Å². The second kappa shape index (κ2) is 8.77. The Balaban J connectivity index is 2.07. The fraction of sp³-hybridized carbons (Fsp3) is 0.545. The van der Waals surface area contributed by atoms with Crippen LogP contribution in [0.3, 0.4) is 0 Å². The topological polar surface area (TPSA) is 44.8 Å². The third kappa shape index (κ3) is 5.74. The van der Waals surface area contributed by atoms with Crippen molar-refractivity contribution in [1.29, 1.82) is 0 Å². The lowest BCUT2D eigenvalue weighted by atomic mass is 10.3. The van der Waals surface area contributed by atoms with Crippen molar-refractivity contribution in [2.24, 2.45) is 0 Å². The minimum atomic E-state index is -0.0104. The molecular formula is C11H15BrO4S. The van der Waals surface area contributed by atoms with Crippen molar-refractivity contribution in [2.75, 3.05) is 40.1 Å². The lowest BCUT2D eigenvalue weighted by molar-refractivity contribution is 0.0254. The van der Waals surface area contributed by atoms with Gasteiger partial charge in [-0.05, 0) is 27.4 Å². The second-order valence-corrected chi connectivity index (χ2v) is 4.95. The first-order valence-electron chi connectivity index (χ1n) is 5.16. The van der Waals surface area contributed by atoms with E-state index in [1.54, 1.807) is 7.11 Å². The van der Waals surface area contributed by atoms with Crippen molar-refractivity contribution in [1.82, 2.24) is 0 Å². The highest BCUT2D eigenvalue weighted by atomic mass is 79.9. The summed E-state index contributed by atoms with van der Waals surface area (Å²) in [7, 11) is 1.62. The largest absolute Gasteiger partial charge is 0.382 e. The van der Waals surface area contributed by atoms with Gasteiger partial charge in [0.2, 0.25) is 0 Å². The van der Waals surface area contributed by atoms with Crippen LogP contribution in [-0.4, -0.2) is 45.9 Å². The van der Waals surface area contributed by atoms with Crippen LogP contribution in [0.15, 0.2) is 15.9 Å². The fourth-order valence-electron chi connectivity index (χ4n) is 1.09. The molecule has 0 spiro atoms. The number of hydrogen-bond acceptors (Lipinski definition) is 5. The zero-order valence-corrected chi connectivity index (χ0v) is 12.0. The highest BCUT2D eigenvalue weighted by Gasteiger charge is 2.11. The number of methoxy groups -OCH3 is 1. The standard InChI is InChI=1S/C11H15BrO4S/c1-14-3-4-15-5-6-16-8-10(13)11-9(12)2-7-17-11/h2,7H,3-6,8H2,1H3. The molecule has 1 aromatic heterocycles. The van der Waals surface area contributed by atoms with E-state index < -0.39 is 0 Å². The number of hydrogen-bond donors (Lipinski definition) is 0. The summed E-state index contributed by atoms with van der Waals surface area (Å²) in [6.07, 6.45) is 0. The Kier molecular flexibility index (Phi) is 7.63. The van der Waals surface area contributed by atoms with Gasteiger partial charge >= 0.3 is 0 Å². The van der Waals surface area contributed by atoms with E-state index in [1.807, 2.05) is 11.4 Å². The van der Waals surface area contributed by atoms with Gasteiger partial charge in [-0.15, -0.1) is 11.3 Å². The maximum atomic E-state index is 11.7. The first kappa shape index (κ1) is 14.8. The Labute approximate surface area is 113 Å². The summed E-state index contributed by atoms with van der Waals surface area (Å²) < 4.78 is 16.1. The smallest absolute Gasteiger partial charge is 0.199 e. The molecule has 6 heteroatoms. The van der Waals surface area contributed by atoms with Crippen LogP contribution in [0.25, 0.3) is 0 Å². The monoisotopic (exact) mass is 322 g/mol. The number of carbonyl (C=O) groups is 1. The molecule has 0 aliphatic rings. The summed E-state index contributed by atoms with van der Waals surface area (Å²) in [6.45, 7) is 2.10. The predicted octanol–water partition coefficient (Wildman–Crippen LogP) is 2.37. The van der Waals surface area contributed by atoms with Crippen LogP contribution in [0, 0.1) is 0 Å². The number of ether oxygens (including phenoxy) is 3. The maximum Gasteiger partial charge on any atom is 0.199 e. The molecule has 4 nitrogen and oxygen atoms in total. The summed E-state index contributed by atoms with van der Waals surface area (Å²) in [6, 6.07) is 1.85. The summed E-state index contributed by atoms with van der Waals surface area (Å²) in [5.41, 5.74) is 0. The average molecular weight is 323 g/mol. The van der Waals surface area contributed by atoms with Gasteiger partial charge in [0.15, 0.2) is 5.78 Å². The molecule has 0 fully saturated rings. The molecule has 0 N–H and O–H groups in total. The van der Waals surface area contributed by atoms with Gasteiger partial charge in [-0.3, -0.25) is 4.79 Å². The van der Waals surface area contributed by atoms with Gasteiger partial charge in [-0.1, -0.05) is 0 Å². The highest BCUT2D eigenvalue weighted by molar-refractivity contribution is 9.10. The number of halogens is 1. The Morgan fingerprint density at radius 3 is 2.65 bits per heavy atom. The third-order valence-corrected chi connectivity index (χ3v) is 3.79. The summed E-state index contributed by atoms with van der Waals surface area (Å²) in [4.78, 5) is 12.4. The molecule has 17 heavy (non-hydrogen) atoms. The molecule has 96 valence electrons. The molecule has 0 saturated carbocycles. The lowest BCUT2D eigenvalue weighted by Gasteiger charge is -2.04. The minimum Gasteiger partial charge on any atom is -0.382 e. The van der Waals surface area contributed by atoms with Crippen molar-refractivity contribution in [3.05, 3.63) is 20.8 Å². The molecule has 0 aliphatic carbocycles. The average Bonchev–Trinajstić information content (AvgIpc) is 2.74. The van der Waals surface area contributed by atoms with Crippen LogP contribution < -0.4 is 0 Å². The first-order chi connectivity index (χ1) is 8.25. The third-order valence-electron chi connectivity index (χ3n) is 1.91. The molecule has 0 saturated heterocycles. The van der Waals surface area contributed by atoms with Gasteiger partial charge in [0.1, 0.15) is 6.61 Å². The number of rotatable bonds is 9. The van der Waals surface area contributed by atoms with Crippen molar-refractivity contribution in [3.63, 3.8) is 0 Å². The summed E-state index contributed by atoms with van der Waals surface area (Å²) in [5, 5.41) is 1.87. The van der Waals surface area contributed by atoms with E-state index in [0.717, 1.165) is 4.47 Å². The SMILES string of the molecule is COCCOCCOCC(=O)c1sccc1Br. The normalized spacial score (nSPS) is 10.7. The van der Waals surface area contributed by atoms with Gasteiger partial charge in [0, 0.05) is 11.6 Å². The van der Waals surface area contributed by atoms with E-state index in [2.05, 4.69) is 15.9 Å². The van der Waals surface area contributed by atoms with Crippen LogP contribution in [0.5, 0.6) is 0 Å². The molecule has 1 heterocycles. The molecule has 1 rings (SSSR count). The van der Waals surface area contributed by atoms with E-state index in [4.69, 9.17) is 14.2 Å². The molecule has 1 aromatic rings. The van der Waals surface area contributed by atoms with Gasteiger partial charge in [-0.2, -0.15) is 0 Å². The summed E-state index contributed by atoms with van der Waals surface area (Å²) >= 11 is 4.72. The maximum absolute atomic E-state index is 11.7. The van der Waals surface area contributed by atoms with Crippen molar-refractivity contribution >= 4 is 33.0 Å². The van der Waals surface area contributed by atoms with Crippen LogP contribution in [-0.2, 0) is 14.2 Å². The number of thiophene rings is 1. The lowest BCUT2D eigenvalue weighted by Crippen LogP contribution is -2.13. The number of Topliss-reactive ketones (excluding diaryl/α,β-unsaturated/α-hetero) is 1. The molecule has 0 radical (unpaired) electrons. The Morgan fingerprint density at radius 1 is 1.29 bits per heavy atom. The van der Waals surface area contributed by atoms with Gasteiger partial charge in [-0.25, -0.2) is 0 Å². The molecule has 0 unspecified atom stereocenters. The molecule has 0 aromatic carbocycles. The Bertz CT molecular complexity index is 340. The van der Waals surface area contributed by atoms with E-state index in [-0.39, 0.29) is 12.4 Å². The van der Waals surface area contributed by atoms with Gasteiger partial charge in [0.05, 0.1) is 31.3 Å². The van der Waals surface area contributed by atoms with E-state index >= 15 is 0 Å². The highest BCUT2D eigenvalue weighted by Crippen LogP contribution is 2.22. The first-order valence-corrected chi connectivity index (χ1v) is 6.83. The van der Waals surface area contributed by atoms with Gasteiger partial charge < -0.3 is 14.2 Å². The zero-order valence-electron chi connectivity index (χ0n) is 9.61. The second-order valence-electron chi connectivity index (χ2n) is 3.18. The fourth-order valence-corrected chi connectivity index (χ4v) is 2.61. The van der Waals surface area contributed by atoms with Gasteiger partial charge in [0.25, 0.3) is 0 Å². The van der Waals surface area contributed by atoms with Crippen LogP contribution in [0.1, 0.15) is 9.67 Å². The minimum absolute atomic E-state index is 0.0104. The molecular weight excluding hydrogens is 308 g/mol.